The molecule has 8 bridgehead atoms. The van der Waals surface area contributed by atoms with Crippen LogP contribution in [-0.4, -0.2) is 26.1 Å². The first-order chi connectivity index (χ1) is 16.9. The highest BCUT2D eigenvalue weighted by Crippen LogP contribution is 2.23. The van der Waals surface area contributed by atoms with Crippen LogP contribution in [0.3, 0.4) is 0 Å². The van der Waals surface area contributed by atoms with E-state index in [1.807, 2.05) is 12.2 Å². The highest BCUT2D eigenvalue weighted by atomic mass is 16.3. The number of rotatable bonds is 4. The fraction of sp³-hybridized carbons (Fsp3) is 0.379. The van der Waals surface area contributed by atoms with Crippen molar-refractivity contribution in [3.05, 3.63) is 77.9 Å². The van der Waals surface area contributed by atoms with Crippen LogP contribution in [-0.2, 0) is 25.7 Å². The molecule has 35 heavy (non-hydrogen) atoms. The van der Waals surface area contributed by atoms with Crippen LogP contribution in [0.4, 0.5) is 0 Å². The van der Waals surface area contributed by atoms with Gasteiger partial charge < -0.3 is 20.1 Å². The van der Waals surface area contributed by atoms with Gasteiger partial charge in [0.1, 0.15) is 5.76 Å². The van der Waals surface area contributed by atoms with E-state index in [2.05, 4.69) is 78.9 Å². The molecule has 2 aliphatic heterocycles. The summed E-state index contributed by atoms with van der Waals surface area (Å²) in [5, 5.41) is 23.9. The third-order valence-corrected chi connectivity index (χ3v) is 7.59. The van der Waals surface area contributed by atoms with Crippen molar-refractivity contribution < 1.29 is 5.11 Å². The second kappa shape index (κ2) is 8.91. The van der Waals surface area contributed by atoms with E-state index in [0.717, 1.165) is 69.7 Å². The molecule has 4 N–H and O–H groups in total. The molecule has 2 aliphatic rings. The highest BCUT2D eigenvalue weighted by molar-refractivity contribution is 5.63. The standard InChI is InChI=1S/C29H35N5O/c1-7-18-15(5)22-11-17-12-27(34-33-17)29(35)28-16(6)19(8-2)24(32-28)14-26-21(10-4)20(9-3)25(31-26)13-23(18)30-22/h11-14,27,30-32,35H,7-10H2,1-6H3/b22-11-,23-13-,24-14-,29-28+. The lowest BCUT2D eigenvalue weighted by atomic mass is 10.0. The van der Waals surface area contributed by atoms with Gasteiger partial charge in [0.05, 0.1) is 11.0 Å². The molecule has 3 aromatic heterocycles. The van der Waals surface area contributed by atoms with Crippen molar-refractivity contribution >= 4 is 24.0 Å². The Kier molecular flexibility index (Phi) is 5.91. The minimum atomic E-state index is -0.494. The number of aliphatic hydroxyl groups is 1. The van der Waals surface area contributed by atoms with Crippen molar-refractivity contribution in [2.75, 3.05) is 0 Å². The highest BCUT2D eigenvalue weighted by Gasteiger charge is 2.20. The van der Waals surface area contributed by atoms with Crippen molar-refractivity contribution in [3.8, 4) is 0 Å². The maximum Gasteiger partial charge on any atom is 0.151 e. The van der Waals surface area contributed by atoms with Crippen LogP contribution in [0.25, 0.3) is 24.0 Å². The minimum absolute atomic E-state index is 0.208. The monoisotopic (exact) mass is 469 g/mol. The summed E-state index contributed by atoms with van der Waals surface area (Å²) in [5.41, 5.74) is 10.5. The second-order valence-corrected chi connectivity index (χ2v) is 9.47. The molecule has 6 heteroatoms. The summed E-state index contributed by atoms with van der Waals surface area (Å²) in [6.07, 6.45) is 12.1. The third kappa shape index (κ3) is 3.72. The van der Waals surface area contributed by atoms with Gasteiger partial charge in [0, 0.05) is 27.4 Å². The quantitative estimate of drug-likeness (QED) is 0.463. The van der Waals surface area contributed by atoms with Crippen LogP contribution in [0.15, 0.2) is 22.0 Å². The van der Waals surface area contributed by atoms with Gasteiger partial charge in [-0.15, -0.1) is 0 Å². The number of hydrogen-bond acceptors (Lipinski definition) is 3. The van der Waals surface area contributed by atoms with Gasteiger partial charge in [-0.05, 0) is 97.2 Å². The Bertz CT molecular complexity index is 1620. The molecule has 0 saturated heterocycles. The van der Waals surface area contributed by atoms with Gasteiger partial charge in [0.15, 0.2) is 6.04 Å². The summed E-state index contributed by atoms with van der Waals surface area (Å²) in [4.78, 5) is 10.9. The van der Waals surface area contributed by atoms with Gasteiger partial charge >= 0.3 is 0 Å². The number of nitrogens with zero attached hydrogens (tertiary/aromatic N) is 2. The Morgan fingerprint density at radius 2 is 1.29 bits per heavy atom. The zero-order valence-electron chi connectivity index (χ0n) is 21.6. The average molecular weight is 470 g/mol. The van der Waals surface area contributed by atoms with Gasteiger partial charge in [-0.25, -0.2) is 0 Å². The maximum absolute atomic E-state index is 11.2. The van der Waals surface area contributed by atoms with E-state index in [4.69, 9.17) is 0 Å². The zero-order chi connectivity index (χ0) is 24.9. The normalized spacial score (nSPS) is 21.1. The number of allylic oxidation sites excluding steroid dienone is 1. The van der Waals surface area contributed by atoms with Crippen LogP contribution < -0.4 is 21.4 Å². The first-order valence-corrected chi connectivity index (χ1v) is 12.8. The van der Waals surface area contributed by atoms with E-state index in [-0.39, 0.29) is 5.76 Å². The van der Waals surface area contributed by atoms with Gasteiger partial charge in [0.2, 0.25) is 0 Å². The van der Waals surface area contributed by atoms with Crippen molar-refractivity contribution in [2.45, 2.75) is 73.3 Å². The maximum atomic E-state index is 11.2. The predicted molar refractivity (Wildman–Crippen MR) is 142 cm³/mol. The van der Waals surface area contributed by atoms with Gasteiger partial charge in [-0.3, -0.25) is 0 Å². The van der Waals surface area contributed by atoms with Crippen molar-refractivity contribution in [2.24, 2.45) is 10.2 Å². The Morgan fingerprint density at radius 1 is 0.714 bits per heavy atom. The van der Waals surface area contributed by atoms with Crippen molar-refractivity contribution in [1.29, 1.82) is 0 Å². The van der Waals surface area contributed by atoms with Crippen molar-refractivity contribution in [1.82, 2.24) is 15.0 Å². The Balaban J connectivity index is 1.93. The predicted octanol–water partition coefficient (Wildman–Crippen LogP) is 3.37. The SMILES string of the molecule is CCc1c2[nH]c(c1CC)/C=c1\[nH]/c(c(C)c1CC)=C(/O)C1C=C(/C=c3\[nH]/c(c(CC)c3C)=C\2)N=N1. The van der Waals surface area contributed by atoms with E-state index in [0.29, 0.717) is 0 Å². The third-order valence-electron chi connectivity index (χ3n) is 7.59. The van der Waals surface area contributed by atoms with Crippen LogP contribution >= 0.6 is 0 Å². The van der Waals surface area contributed by atoms with E-state index < -0.39 is 6.04 Å². The lowest BCUT2D eigenvalue weighted by molar-refractivity contribution is 0.471. The second-order valence-electron chi connectivity index (χ2n) is 9.47. The summed E-state index contributed by atoms with van der Waals surface area (Å²) in [5.74, 6) is 0.208. The molecule has 0 fully saturated rings. The average Bonchev–Trinajstić information content (AvgIpc) is 3.58. The molecule has 5 rings (SSSR count). The topological polar surface area (TPSA) is 92.3 Å². The van der Waals surface area contributed by atoms with Crippen LogP contribution in [0.5, 0.6) is 0 Å². The summed E-state index contributed by atoms with van der Waals surface area (Å²) in [7, 11) is 0. The van der Waals surface area contributed by atoms with Crippen LogP contribution in [0.2, 0.25) is 0 Å². The molecule has 0 aliphatic carbocycles. The largest absolute Gasteiger partial charge is 0.507 e. The molecule has 0 spiro atoms. The number of H-pyrrole nitrogens is 3. The Hall–Kier alpha value is -3.54. The van der Waals surface area contributed by atoms with Gasteiger partial charge in [0.25, 0.3) is 0 Å². The Morgan fingerprint density at radius 3 is 1.89 bits per heavy atom. The number of azo groups is 1. The molecule has 1 unspecified atom stereocenters. The molecular formula is C29H35N5O. The fourth-order valence-electron chi connectivity index (χ4n) is 5.72. The Labute approximate surface area is 205 Å². The van der Waals surface area contributed by atoms with E-state index in [9.17, 15) is 5.11 Å². The number of aliphatic hydroxyl groups excluding tert-OH is 1. The molecular weight excluding hydrogens is 434 g/mol. The summed E-state index contributed by atoms with van der Waals surface area (Å²) >= 11 is 0. The molecule has 3 aromatic rings. The molecule has 5 heterocycles. The first-order valence-electron chi connectivity index (χ1n) is 12.8. The summed E-state index contributed by atoms with van der Waals surface area (Å²) in [6, 6.07) is -0.494. The smallest absolute Gasteiger partial charge is 0.151 e. The van der Waals surface area contributed by atoms with Gasteiger partial charge in [-0.2, -0.15) is 10.2 Å². The molecule has 1 atom stereocenters. The summed E-state index contributed by atoms with van der Waals surface area (Å²) in [6.45, 7) is 13.0. The lowest BCUT2D eigenvalue weighted by Gasteiger charge is -2.01. The number of aromatic nitrogens is 3. The van der Waals surface area contributed by atoms with Gasteiger partial charge in [-0.1, -0.05) is 27.7 Å². The first kappa shape index (κ1) is 23.2. The number of aromatic amines is 3. The molecule has 0 aromatic carbocycles. The minimum Gasteiger partial charge on any atom is -0.507 e. The molecule has 6 nitrogen and oxygen atoms in total. The van der Waals surface area contributed by atoms with E-state index in [1.54, 1.807) is 0 Å². The van der Waals surface area contributed by atoms with Crippen molar-refractivity contribution in [3.63, 3.8) is 0 Å². The van der Waals surface area contributed by atoms with E-state index >= 15 is 0 Å². The lowest BCUT2D eigenvalue weighted by Crippen LogP contribution is -2.20. The molecule has 182 valence electrons. The number of nitrogens with one attached hydrogen (secondary N) is 3. The van der Waals surface area contributed by atoms with Crippen LogP contribution in [0, 0.1) is 13.8 Å². The number of fused-ring (bicyclic) bond motifs is 7. The zero-order valence-corrected chi connectivity index (χ0v) is 21.6. The molecule has 0 radical (unpaired) electrons. The van der Waals surface area contributed by atoms with E-state index in [1.165, 1.54) is 27.8 Å². The molecule has 0 amide bonds. The summed E-state index contributed by atoms with van der Waals surface area (Å²) < 4.78 is 0. The molecule has 0 saturated carbocycles. The fourth-order valence-corrected chi connectivity index (χ4v) is 5.72. The number of hydrogen-bond donors (Lipinski definition) is 4. The van der Waals surface area contributed by atoms with Crippen LogP contribution in [0.1, 0.15) is 72.5 Å².